The van der Waals surface area contributed by atoms with E-state index in [1.807, 2.05) is 12.1 Å². The SMILES string of the molecule is Cc1ccc(SB2n3c4c5ccccc5c3N=c3c5ccccc5c(n32)=NC2=NC(=N4)c3ccccc32)cc1. The molecule has 6 nitrogen and oxygen atoms in total. The number of rotatable bonds is 2. The number of amidine groups is 2. The highest BCUT2D eigenvalue weighted by Crippen LogP contribution is 2.43. The Labute approximate surface area is 227 Å². The average Bonchev–Trinajstić information content (AvgIpc) is 3.59. The van der Waals surface area contributed by atoms with Gasteiger partial charge in [0.05, 0.1) is 0 Å². The third-order valence-corrected chi connectivity index (χ3v) is 8.87. The van der Waals surface area contributed by atoms with Crippen LogP contribution in [-0.4, -0.2) is 26.9 Å². The minimum Gasteiger partial charge on any atom is -0.323 e. The van der Waals surface area contributed by atoms with E-state index in [4.69, 9.17) is 20.0 Å². The summed E-state index contributed by atoms with van der Waals surface area (Å²) in [6.07, 6.45) is -0.186. The van der Waals surface area contributed by atoms with Crippen LogP contribution in [0.3, 0.4) is 0 Å². The average molecular weight is 518 g/mol. The van der Waals surface area contributed by atoms with Gasteiger partial charge < -0.3 is 8.96 Å². The number of benzene rings is 4. The molecule has 0 radical (unpaired) electrons. The molecule has 0 N–H and O–H groups in total. The number of fused-ring (bicyclic) bond motifs is 10. The van der Waals surface area contributed by atoms with Crippen LogP contribution in [0.2, 0.25) is 0 Å². The van der Waals surface area contributed by atoms with Gasteiger partial charge in [-0.2, -0.15) is 0 Å². The van der Waals surface area contributed by atoms with E-state index in [-0.39, 0.29) is 6.26 Å². The summed E-state index contributed by atoms with van der Waals surface area (Å²) in [4.78, 5) is 22.0. The number of aryl methyl sites for hydroxylation is 1. The fourth-order valence-electron chi connectivity index (χ4n) is 5.87. The smallest absolute Gasteiger partial charge is 0.323 e. The molecule has 0 spiro atoms. The van der Waals surface area contributed by atoms with Gasteiger partial charge in [-0.1, -0.05) is 90.5 Å². The second-order valence-corrected chi connectivity index (χ2v) is 11.2. The van der Waals surface area contributed by atoms with Crippen molar-refractivity contribution in [3.8, 4) is 0 Å². The minimum atomic E-state index is -0.186. The number of hydrogen-bond acceptors (Lipinski definition) is 5. The van der Waals surface area contributed by atoms with Crippen molar-refractivity contribution < 1.29 is 0 Å². The summed E-state index contributed by atoms with van der Waals surface area (Å²) in [7, 11) is 0. The lowest BCUT2D eigenvalue weighted by molar-refractivity contribution is 0.940. The Morgan fingerprint density at radius 3 is 1.74 bits per heavy atom. The van der Waals surface area contributed by atoms with Crippen LogP contribution >= 0.6 is 11.6 Å². The van der Waals surface area contributed by atoms with E-state index in [1.165, 1.54) is 10.5 Å². The van der Waals surface area contributed by atoms with Crippen molar-refractivity contribution >= 4 is 62.7 Å². The summed E-state index contributed by atoms with van der Waals surface area (Å²) < 4.78 is 4.54. The van der Waals surface area contributed by atoms with Gasteiger partial charge in [0.1, 0.15) is 22.6 Å². The van der Waals surface area contributed by atoms with Crippen molar-refractivity contribution in [1.82, 2.24) is 8.96 Å². The number of aromatic nitrogens is 2. The number of hydrogen-bond donors (Lipinski definition) is 0. The highest BCUT2D eigenvalue weighted by molar-refractivity contribution is 8.25. The maximum absolute atomic E-state index is 5.33. The molecule has 4 aromatic carbocycles. The van der Waals surface area contributed by atoms with E-state index in [9.17, 15) is 0 Å². The van der Waals surface area contributed by atoms with Gasteiger partial charge in [0.15, 0.2) is 11.7 Å². The molecule has 0 saturated heterocycles. The van der Waals surface area contributed by atoms with E-state index < -0.39 is 0 Å². The molecule has 39 heavy (non-hydrogen) atoms. The Morgan fingerprint density at radius 1 is 0.538 bits per heavy atom. The molecular formula is C31H19BN6S. The van der Waals surface area contributed by atoms with Crippen molar-refractivity contribution in [3.05, 3.63) is 125 Å². The van der Waals surface area contributed by atoms with Crippen LogP contribution in [0.25, 0.3) is 21.5 Å². The van der Waals surface area contributed by atoms with E-state index in [1.54, 1.807) is 11.6 Å². The Bertz CT molecular complexity index is 2220. The van der Waals surface area contributed by atoms with Gasteiger partial charge in [-0.3, -0.25) is 0 Å². The van der Waals surface area contributed by atoms with E-state index in [2.05, 4.69) is 101 Å². The topological polar surface area (TPSA) is 59.3 Å². The normalized spacial score (nSPS) is 14.5. The molecule has 2 aromatic heterocycles. The Hall–Kier alpha value is -4.69. The van der Waals surface area contributed by atoms with Crippen LogP contribution in [0, 0.1) is 6.92 Å². The molecule has 0 saturated carbocycles. The number of nitrogens with zero attached hydrogens (tertiary/aromatic N) is 6. The Morgan fingerprint density at radius 2 is 1.08 bits per heavy atom. The molecule has 0 fully saturated rings. The zero-order valence-corrected chi connectivity index (χ0v) is 21.7. The van der Waals surface area contributed by atoms with E-state index in [0.717, 1.165) is 55.3 Å². The zero-order chi connectivity index (χ0) is 25.7. The molecule has 0 atom stereocenters. The van der Waals surface area contributed by atoms with Gasteiger partial charge in [-0.25, -0.2) is 20.0 Å². The van der Waals surface area contributed by atoms with E-state index >= 15 is 0 Å². The molecule has 3 aliphatic heterocycles. The molecule has 4 bridgehead atoms. The third kappa shape index (κ3) is 2.89. The van der Waals surface area contributed by atoms with Gasteiger partial charge in [-0.15, -0.1) is 11.6 Å². The highest BCUT2D eigenvalue weighted by atomic mass is 32.2. The second-order valence-electron chi connectivity index (χ2n) is 10.0. The highest BCUT2D eigenvalue weighted by Gasteiger charge is 2.37. The summed E-state index contributed by atoms with van der Waals surface area (Å²) in [5.41, 5.74) is 5.01. The predicted octanol–water partition coefficient (Wildman–Crippen LogP) is 5.81. The molecular weight excluding hydrogens is 499 g/mol. The fourth-order valence-corrected chi connectivity index (χ4v) is 7.01. The molecule has 182 valence electrons. The summed E-state index contributed by atoms with van der Waals surface area (Å²) in [6, 6.07) is 33.8. The monoisotopic (exact) mass is 518 g/mol. The first-order valence-corrected chi connectivity index (χ1v) is 13.8. The van der Waals surface area contributed by atoms with Crippen molar-refractivity contribution in [3.63, 3.8) is 0 Å². The molecule has 6 aromatic rings. The van der Waals surface area contributed by atoms with Gasteiger partial charge in [0.25, 0.3) is 0 Å². The molecule has 0 unspecified atom stereocenters. The van der Waals surface area contributed by atoms with Crippen LogP contribution in [0.15, 0.2) is 122 Å². The maximum atomic E-state index is 5.33. The molecule has 9 rings (SSSR count). The Kier molecular flexibility index (Phi) is 4.19. The summed E-state index contributed by atoms with van der Waals surface area (Å²) in [6.45, 7) is 2.12. The Balaban J connectivity index is 1.50. The molecule has 8 heteroatoms. The molecule has 3 aliphatic rings. The largest absolute Gasteiger partial charge is 0.466 e. The minimum absolute atomic E-state index is 0.186. The van der Waals surface area contributed by atoms with Gasteiger partial charge in [0, 0.05) is 37.6 Å². The quantitative estimate of drug-likeness (QED) is 0.267. The van der Waals surface area contributed by atoms with Gasteiger partial charge in [0.2, 0.25) is 0 Å². The summed E-state index contributed by atoms with van der Waals surface area (Å²) >= 11 is 1.79. The van der Waals surface area contributed by atoms with Crippen LogP contribution in [0.1, 0.15) is 16.7 Å². The van der Waals surface area contributed by atoms with Gasteiger partial charge in [-0.05, 0) is 19.1 Å². The van der Waals surface area contributed by atoms with Crippen molar-refractivity contribution in [2.75, 3.05) is 0 Å². The summed E-state index contributed by atoms with van der Waals surface area (Å²) in [5, 5.41) is 4.29. The second kappa shape index (κ2) is 7.68. The van der Waals surface area contributed by atoms with E-state index in [0.29, 0.717) is 11.7 Å². The first-order chi connectivity index (χ1) is 19.2. The lowest BCUT2D eigenvalue weighted by Crippen LogP contribution is -2.46. The first kappa shape index (κ1) is 21.3. The number of aliphatic imine (C=N–C) groups is 2. The lowest BCUT2D eigenvalue weighted by atomic mass is 10.1. The standard InChI is InChI=1S/C31H19BN6S/c1-18-14-16-19(17-15-18)39-32-37-28-22-10-4-6-12-24(22)30(37)36-31-25-13-7-5-11-23(25)29(38(31)32)35-27-21-9-3-2-8-20(21)26(33-27)34-28/h2-17H,1H3. The van der Waals surface area contributed by atoms with Crippen LogP contribution in [0.5, 0.6) is 0 Å². The zero-order valence-electron chi connectivity index (χ0n) is 20.9. The maximum Gasteiger partial charge on any atom is 0.466 e. The molecule has 0 amide bonds. The van der Waals surface area contributed by atoms with Crippen molar-refractivity contribution in [2.45, 2.75) is 11.8 Å². The third-order valence-electron chi connectivity index (χ3n) is 7.69. The lowest BCUT2D eigenvalue weighted by Gasteiger charge is -2.23. The van der Waals surface area contributed by atoms with Crippen molar-refractivity contribution in [1.29, 1.82) is 0 Å². The molecule has 0 aliphatic carbocycles. The van der Waals surface area contributed by atoms with Crippen LogP contribution in [0.4, 0.5) is 11.6 Å². The van der Waals surface area contributed by atoms with Crippen LogP contribution < -0.4 is 11.0 Å². The van der Waals surface area contributed by atoms with Crippen LogP contribution in [-0.2, 0) is 0 Å². The fraction of sp³-hybridized carbons (Fsp3) is 0.0323. The summed E-state index contributed by atoms with van der Waals surface area (Å²) in [5.74, 6) is 3.14. The molecule has 5 heterocycles. The first-order valence-electron chi connectivity index (χ1n) is 12.9. The van der Waals surface area contributed by atoms with Crippen molar-refractivity contribution in [2.24, 2.45) is 20.0 Å². The predicted molar refractivity (Wildman–Crippen MR) is 159 cm³/mol. The van der Waals surface area contributed by atoms with Gasteiger partial charge >= 0.3 is 6.26 Å².